The standard InChI is InChI=1S/C12H26N2O/c1-10(2)13-8-11(3)14(6-7-15-5)12(4)9-13/h10-12H,6-9H2,1-5H3. The normalized spacial score (nSPS) is 30.0. The highest BCUT2D eigenvalue weighted by molar-refractivity contribution is 4.85. The van der Waals surface area contributed by atoms with Gasteiger partial charge in [-0.1, -0.05) is 0 Å². The molecule has 0 amide bonds. The van der Waals surface area contributed by atoms with Crippen molar-refractivity contribution in [2.24, 2.45) is 0 Å². The van der Waals surface area contributed by atoms with Crippen molar-refractivity contribution in [1.29, 1.82) is 0 Å². The molecule has 0 bridgehead atoms. The van der Waals surface area contributed by atoms with Crippen molar-refractivity contribution < 1.29 is 4.74 Å². The molecule has 0 N–H and O–H groups in total. The molecule has 0 aromatic heterocycles. The number of nitrogens with zero attached hydrogens (tertiary/aromatic N) is 2. The summed E-state index contributed by atoms with van der Waals surface area (Å²) in [4.78, 5) is 5.13. The summed E-state index contributed by atoms with van der Waals surface area (Å²) in [5.41, 5.74) is 0. The fourth-order valence-corrected chi connectivity index (χ4v) is 2.46. The first kappa shape index (κ1) is 12.9. The highest BCUT2D eigenvalue weighted by Gasteiger charge is 2.29. The highest BCUT2D eigenvalue weighted by Crippen LogP contribution is 2.17. The van der Waals surface area contributed by atoms with Crippen LogP contribution in [0.15, 0.2) is 0 Å². The van der Waals surface area contributed by atoms with Crippen LogP contribution in [0.4, 0.5) is 0 Å². The molecular formula is C12H26N2O. The molecule has 1 rings (SSSR count). The second kappa shape index (κ2) is 5.83. The van der Waals surface area contributed by atoms with E-state index in [0.717, 1.165) is 13.2 Å². The second-order valence-corrected chi connectivity index (χ2v) is 4.98. The van der Waals surface area contributed by atoms with Crippen molar-refractivity contribution in [2.75, 3.05) is 33.4 Å². The Morgan fingerprint density at radius 2 is 1.73 bits per heavy atom. The van der Waals surface area contributed by atoms with E-state index < -0.39 is 0 Å². The van der Waals surface area contributed by atoms with E-state index in [1.165, 1.54) is 13.1 Å². The predicted molar refractivity (Wildman–Crippen MR) is 64.2 cm³/mol. The molecule has 1 aliphatic heterocycles. The van der Waals surface area contributed by atoms with Crippen molar-refractivity contribution in [3.05, 3.63) is 0 Å². The van der Waals surface area contributed by atoms with Crippen LogP contribution in [-0.2, 0) is 4.74 Å². The van der Waals surface area contributed by atoms with Crippen LogP contribution in [0.25, 0.3) is 0 Å². The van der Waals surface area contributed by atoms with E-state index in [9.17, 15) is 0 Å². The molecule has 1 fully saturated rings. The molecule has 0 aromatic carbocycles. The first-order valence-electron chi connectivity index (χ1n) is 6.05. The van der Waals surface area contributed by atoms with Gasteiger partial charge in [-0.2, -0.15) is 0 Å². The lowest BCUT2D eigenvalue weighted by molar-refractivity contribution is 0.00907. The maximum atomic E-state index is 5.16. The SMILES string of the molecule is COCCN1C(C)CN(C(C)C)CC1C. The lowest BCUT2D eigenvalue weighted by atomic mass is 10.1. The molecule has 3 nitrogen and oxygen atoms in total. The van der Waals surface area contributed by atoms with Gasteiger partial charge in [-0.3, -0.25) is 9.80 Å². The summed E-state index contributed by atoms with van der Waals surface area (Å²) in [5.74, 6) is 0. The molecule has 3 heteroatoms. The lowest BCUT2D eigenvalue weighted by Gasteiger charge is -2.46. The Bertz CT molecular complexity index is 172. The molecule has 90 valence electrons. The zero-order valence-electron chi connectivity index (χ0n) is 10.9. The van der Waals surface area contributed by atoms with Crippen molar-refractivity contribution in [3.63, 3.8) is 0 Å². The Hall–Kier alpha value is -0.120. The average Bonchev–Trinajstić information content (AvgIpc) is 2.16. The Kier molecular flexibility index (Phi) is 5.03. The monoisotopic (exact) mass is 214 g/mol. The van der Waals surface area contributed by atoms with E-state index in [4.69, 9.17) is 4.74 Å². The zero-order chi connectivity index (χ0) is 11.4. The summed E-state index contributed by atoms with van der Waals surface area (Å²) in [7, 11) is 1.78. The number of methoxy groups -OCH3 is 1. The Morgan fingerprint density at radius 1 is 1.20 bits per heavy atom. The molecule has 2 unspecified atom stereocenters. The first-order chi connectivity index (χ1) is 7.06. The number of piperazine rings is 1. The zero-order valence-corrected chi connectivity index (χ0v) is 10.9. The molecule has 0 saturated carbocycles. The van der Waals surface area contributed by atoms with Crippen LogP contribution in [-0.4, -0.2) is 61.3 Å². The van der Waals surface area contributed by atoms with Crippen LogP contribution in [0.3, 0.4) is 0 Å². The maximum Gasteiger partial charge on any atom is 0.0589 e. The van der Waals surface area contributed by atoms with E-state index in [1.807, 2.05) is 0 Å². The minimum atomic E-state index is 0.645. The van der Waals surface area contributed by atoms with Crippen LogP contribution in [0, 0.1) is 0 Å². The number of rotatable bonds is 4. The van der Waals surface area contributed by atoms with Gasteiger partial charge in [-0.05, 0) is 27.7 Å². The van der Waals surface area contributed by atoms with E-state index in [2.05, 4.69) is 37.5 Å². The third-order valence-electron chi connectivity index (χ3n) is 3.41. The van der Waals surface area contributed by atoms with Gasteiger partial charge in [-0.15, -0.1) is 0 Å². The largest absolute Gasteiger partial charge is 0.383 e. The Labute approximate surface area is 94.4 Å². The minimum absolute atomic E-state index is 0.645. The molecule has 0 radical (unpaired) electrons. The minimum Gasteiger partial charge on any atom is -0.383 e. The van der Waals surface area contributed by atoms with Crippen molar-refractivity contribution in [2.45, 2.75) is 45.8 Å². The fourth-order valence-electron chi connectivity index (χ4n) is 2.46. The van der Waals surface area contributed by atoms with Gasteiger partial charge in [0.25, 0.3) is 0 Å². The molecule has 1 heterocycles. The molecule has 1 saturated heterocycles. The smallest absolute Gasteiger partial charge is 0.0589 e. The fraction of sp³-hybridized carbons (Fsp3) is 1.00. The summed E-state index contributed by atoms with van der Waals surface area (Å²) in [6.45, 7) is 13.5. The molecule has 0 aromatic rings. The summed E-state index contributed by atoms with van der Waals surface area (Å²) in [6.07, 6.45) is 0. The highest BCUT2D eigenvalue weighted by atomic mass is 16.5. The topological polar surface area (TPSA) is 15.7 Å². The molecule has 0 aliphatic carbocycles. The Balaban J connectivity index is 2.48. The van der Waals surface area contributed by atoms with Crippen LogP contribution in [0.5, 0.6) is 0 Å². The molecular weight excluding hydrogens is 188 g/mol. The maximum absolute atomic E-state index is 5.16. The summed E-state index contributed by atoms with van der Waals surface area (Å²) < 4.78 is 5.16. The quantitative estimate of drug-likeness (QED) is 0.704. The third-order valence-corrected chi connectivity index (χ3v) is 3.41. The lowest BCUT2D eigenvalue weighted by Crippen LogP contribution is -2.58. The van der Waals surface area contributed by atoms with Gasteiger partial charge in [0.15, 0.2) is 0 Å². The van der Waals surface area contributed by atoms with Crippen LogP contribution < -0.4 is 0 Å². The van der Waals surface area contributed by atoms with Gasteiger partial charge in [-0.25, -0.2) is 0 Å². The van der Waals surface area contributed by atoms with Gasteiger partial charge < -0.3 is 4.74 Å². The van der Waals surface area contributed by atoms with E-state index >= 15 is 0 Å². The first-order valence-corrected chi connectivity index (χ1v) is 6.05. The van der Waals surface area contributed by atoms with Gasteiger partial charge in [0.2, 0.25) is 0 Å². The third kappa shape index (κ3) is 3.44. The predicted octanol–water partition coefficient (Wildman–Crippen LogP) is 1.44. The van der Waals surface area contributed by atoms with Gasteiger partial charge >= 0.3 is 0 Å². The molecule has 2 atom stereocenters. The number of hydrogen-bond acceptors (Lipinski definition) is 3. The van der Waals surface area contributed by atoms with Gasteiger partial charge in [0.1, 0.15) is 0 Å². The van der Waals surface area contributed by atoms with Gasteiger partial charge in [0.05, 0.1) is 6.61 Å². The summed E-state index contributed by atoms with van der Waals surface area (Å²) in [5, 5.41) is 0. The van der Waals surface area contributed by atoms with Crippen molar-refractivity contribution in [1.82, 2.24) is 9.80 Å². The Morgan fingerprint density at radius 3 is 2.13 bits per heavy atom. The number of ether oxygens (including phenoxy) is 1. The van der Waals surface area contributed by atoms with Crippen LogP contribution in [0.2, 0.25) is 0 Å². The summed E-state index contributed by atoms with van der Waals surface area (Å²) in [6, 6.07) is 1.96. The molecule has 0 spiro atoms. The van der Waals surface area contributed by atoms with Gasteiger partial charge in [0, 0.05) is 44.9 Å². The molecule has 1 aliphatic rings. The van der Waals surface area contributed by atoms with Crippen molar-refractivity contribution >= 4 is 0 Å². The van der Waals surface area contributed by atoms with Crippen molar-refractivity contribution in [3.8, 4) is 0 Å². The van der Waals surface area contributed by atoms with Crippen LogP contribution in [0.1, 0.15) is 27.7 Å². The van der Waals surface area contributed by atoms with E-state index in [0.29, 0.717) is 18.1 Å². The van der Waals surface area contributed by atoms with E-state index in [-0.39, 0.29) is 0 Å². The van der Waals surface area contributed by atoms with Crippen LogP contribution >= 0.6 is 0 Å². The number of hydrogen-bond donors (Lipinski definition) is 0. The summed E-state index contributed by atoms with van der Waals surface area (Å²) >= 11 is 0. The second-order valence-electron chi connectivity index (χ2n) is 4.98. The molecule has 15 heavy (non-hydrogen) atoms. The van der Waals surface area contributed by atoms with E-state index in [1.54, 1.807) is 7.11 Å². The average molecular weight is 214 g/mol.